The van der Waals surface area contributed by atoms with Crippen molar-refractivity contribution < 1.29 is 27.5 Å². The molecule has 0 aliphatic rings. The molecule has 8 heteroatoms. The van der Waals surface area contributed by atoms with Crippen molar-refractivity contribution in [2.75, 3.05) is 11.9 Å². The second-order valence-electron chi connectivity index (χ2n) is 7.25. The summed E-state index contributed by atoms with van der Waals surface area (Å²) in [5.41, 5.74) is -0.857. The molecule has 0 bridgehead atoms. The van der Waals surface area contributed by atoms with Crippen LogP contribution in [0.5, 0.6) is 0 Å². The molecule has 2 rings (SSSR count). The maximum atomic E-state index is 13.1. The third-order valence-electron chi connectivity index (χ3n) is 3.72. The number of amides is 1. The maximum Gasteiger partial charge on any atom is 0.420 e. The summed E-state index contributed by atoms with van der Waals surface area (Å²) in [6.07, 6.45) is -5.17. The van der Waals surface area contributed by atoms with Crippen LogP contribution in [0.2, 0.25) is 0 Å². The van der Waals surface area contributed by atoms with E-state index in [0.29, 0.717) is 5.39 Å². The Bertz CT molecular complexity index is 839. The zero-order chi connectivity index (χ0) is 20.4. The Morgan fingerprint density at radius 1 is 1.11 bits per heavy atom. The fourth-order valence-corrected chi connectivity index (χ4v) is 2.53. The van der Waals surface area contributed by atoms with Crippen LogP contribution in [0.3, 0.4) is 0 Å². The van der Waals surface area contributed by atoms with Crippen LogP contribution in [0, 0.1) is 11.8 Å². The summed E-state index contributed by atoms with van der Waals surface area (Å²) in [7, 11) is 0. The van der Waals surface area contributed by atoms with Crippen molar-refractivity contribution in [1.29, 1.82) is 0 Å². The monoisotopic (exact) mass is 384 g/mol. The van der Waals surface area contributed by atoms with Crippen LogP contribution in [0.25, 0.3) is 10.9 Å². The summed E-state index contributed by atoms with van der Waals surface area (Å²) in [5.74, 6) is -0.0986. The highest BCUT2D eigenvalue weighted by atomic mass is 19.4. The zero-order valence-electron chi connectivity index (χ0n) is 15.7. The number of halogens is 3. The summed E-state index contributed by atoms with van der Waals surface area (Å²) in [6.45, 7) is 7.52. The van der Waals surface area contributed by atoms with Crippen LogP contribution in [0.4, 0.5) is 23.8 Å². The third kappa shape index (κ3) is 5.24. The van der Waals surface area contributed by atoms with Gasteiger partial charge in [-0.15, -0.1) is 0 Å². The number of hydrogen-bond acceptors (Lipinski definition) is 3. The Kier molecular flexibility index (Phi) is 6.18. The van der Waals surface area contributed by atoms with Gasteiger partial charge in [-0.05, 0) is 30.0 Å². The van der Waals surface area contributed by atoms with E-state index < -0.39 is 17.8 Å². The van der Waals surface area contributed by atoms with Crippen molar-refractivity contribution in [2.45, 2.75) is 40.3 Å². The minimum atomic E-state index is -4.55. The van der Waals surface area contributed by atoms with Gasteiger partial charge in [-0.25, -0.2) is 9.36 Å². The van der Waals surface area contributed by atoms with Gasteiger partial charge in [0.25, 0.3) is 0 Å². The quantitative estimate of drug-likeness (QED) is 0.762. The topological polar surface area (TPSA) is 60.3 Å². The van der Waals surface area contributed by atoms with E-state index in [4.69, 9.17) is 4.74 Å². The number of nitrogens with zero attached hydrogens (tertiary/aromatic N) is 1. The van der Waals surface area contributed by atoms with Gasteiger partial charge in [-0.3, -0.25) is 4.79 Å². The van der Waals surface area contributed by atoms with Crippen LogP contribution in [0.1, 0.15) is 39.7 Å². The number of alkyl halides is 3. The molecule has 0 aliphatic carbocycles. The second kappa shape index (κ2) is 8.02. The van der Waals surface area contributed by atoms with Gasteiger partial charge in [-0.2, -0.15) is 13.2 Å². The molecule has 0 aliphatic heterocycles. The van der Waals surface area contributed by atoms with Gasteiger partial charge in [0.15, 0.2) is 0 Å². The van der Waals surface area contributed by atoms with E-state index in [1.54, 1.807) is 0 Å². The summed E-state index contributed by atoms with van der Waals surface area (Å²) < 4.78 is 45.4. The molecule has 148 valence electrons. The number of aromatic nitrogens is 1. The Morgan fingerprint density at radius 3 is 2.33 bits per heavy atom. The molecule has 1 aromatic carbocycles. The Morgan fingerprint density at radius 2 is 1.78 bits per heavy atom. The Labute approximate surface area is 155 Å². The van der Waals surface area contributed by atoms with Crippen molar-refractivity contribution in [3.8, 4) is 0 Å². The lowest BCUT2D eigenvalue weighted by molar-refractivity contribution is -0.137. The summed E-state index contributed by atoms with van der Waals surface area (Å²) in [6, 6.07) is 4.54. The molecule has 27 heavy (non-hydrogen) atoms. The van der Waals surface area contributed by atoms with Crippen LogP contribution < -0.4 is 5.32 Å². The summed E-state index contributed by atoms with van der Waals surface area (Å²) in [5, 5.41) is 2.99. The molecule has 0 unspecified atom stereocenters. The minimum Gasteiger partial charge on any atom is -0.449 e. The lowest BCUT2D eigenvalue weighted by atomic mass is 10.1. The van der Waals surface area contributed by atoms with Gasteiger partial charge in [0.05, 0.1) is 17.7 Å². The zero-order valence-corrected chi connectivity index (χ0v) is 15.7. The first-order valence-corrected chi connectivity index (χ1v) is 8.68. The smallest absolute Gasteiger partial charge is 0.420 e. The van der Waals surface area contributed by atoms with Crippen LogP contribution in [-0.2, 0) is 15.7 Å². The van der Waals surface area contributed by atoms with E-state index in [1.165, 1.54) is 12.1 Å². The number of ether oxygens (including phenoxy) is 1. The fourth-order valence-electron chi connectivity index (χ4n) is 2.53. The Hall–Kier alpha value is -2.51. The van der Waals surface area contributed by atoms with Crippen molar-refractivity contribution in [1.82, 2.24) is 4.57 Å². The number of anilines is 1. The number of nitrogens with one attached hydrogen (secondary N) is 1. The van der Waals surface area contributed by atoms with E-state index in [1.807, 2.05) is 27.7 Å². The number of carbonyl (C=O) groups excluding carboxylic acids is 2. The lowest BCUT2D eigenvalue weighted by Crippen LogP contribution is -2.22. The van der Waals surface area contributed by atoms with Crippen LogP contribution in [0.15, 0.2) is 24.3 Å². The van der Waals surface area contributed by atoms with Crippen molar-refractivity contribution in [2.24, 2.45) is 11.8 Å². The van der Waals surface area contributed by atoms with Crippen LogP contribution in [-0.4, -0.2) is 23.2 Å². The van der Waals surface area contributed by atoms with Gasteiger partial charge in [-0.1, -0.05) is 33.8 Å². The first-order valence-electron chi connectivity index (χ1n) is 8.68. The van der Waals surface area contributed by atoms with Crippen molar-refractivity contribution in [3.05, 3.63) is 29.8 Å². The highest BCUT2D eigenvalue weighted by molar-refractivity contribution is 6.00. The predicted octanol–water partition coefficient (Wildman–Crippen LogP) is 5.29. The molecule has 5 nitrogen and oxygen atoms in total. The highest BCUT2D eigenvalue weighted by Gasteiger charge is 2.31. The first-order chi connectivity index (χ1) is 12.5. The van der Waals surface area contributed by atoms with E-state index in [-0.39, 0.29) is 42.1 Å². The average Bonchev–Trinajstić information content (AvgIpc) is 2.87. The number of fused-ring (bicyclic) bond motifs is 1. The van der Waals surface area contributed by atoms with E-state index >= 15 is 0 Å². The van der Waals surface area contributed by atoms with E-state index in [2.05, 4.69) is 5.32 Å². The molecule has 0 saturated carbocycles. The molecule has 1 amide bonds. The Balaban J connectivity index is 2.51. The van der Waals surface area contributed by atoms with Gasteiger partial charge < -0.3 is 10.1 Å². The predicted molar refractivity (Wildman–Crippen MR) is 96.6 cm³/mol. The average molecular weight is 384 g/mol. The molecule has 1 aromatic heterocycles. The molecule has 0 spiro atoms. The van der Waals surface area contributed by atoms with Gasteiger partial charge in [0.1, 0.15) is 5.82 Å². The fraction of sp³-hybridized carbons (Fsp3) is 0.474. The highest BCUT2D eigenvalue weighted by Crippen LogP contribution is 2.33. The number of hydrogen-bond donors (Lipinski definition) is 1. The second-order valence-corrected chi connectivity index (χ2v) is 7.25. The number of carbonyl (C=O) groups is 2. The molecule has 0 saturated heterocycles. The molecule has 1 N–H and O–H groups in total. The first kappa shape index (κ1) is 20.8. The van der Waals surface area contributed by atoms with E-state index in [0.717, 1.165) is 16.7 Å². The molecule has 0 radical (unpaired) electrons. The van der Waals surface area contributed by atoms with E-state index in [9.17, 15) is 22.8 Å². The summed E-state index contributed by atoms with van der Waals surface area (Å²) in [4.78, 5) is 24.6. The van der Waals surface area contributed by atoms with Crippen molar-refractivity contribution >= 4 is 28.7 Å². The molecule has 1 heterocycles. The SMILES string of the molecule is CC(C)COC(=O)n1c(NC(=O)CC(C)C)cc2ccc(C(F)(F)F)cc21. The van der Waals surface area contributed by atoms with Crippen LogP contribution >= 0.6 is 0 Å². The molecular formula is C19H23F3N2O3. The molecule has 0 fully saturated rings. The summed E-state index contributed by atoms with van der Waals surface area (Å²) >= 11 is 0. The van der Waals surface area contributed by atoms with Gasteiger partial charge >= 0.3 is 12.3 Å². The molecule has 2 aromatic rings. The van der Waals surface area contributed by atoms with Gasteiger partial charge in [0, 0.05) is 11.8 Å². The number of rotatable bonds is 5. The number of benzene rings is 1. The maximum absolute atomic E-state index is 13.1. The largest absolute Gasteiger partial charge is 0.449 e. The normalized spacial score (nSPS) is 12.0. The van der Waals surface area contributed by atoms with Gasteiger partial charge in [0.2, 0.25) is 5.91 Å². The minimum absolute atomic E-state index is 0.0263. The molecule has 0 atom stereocenters. The molecular weight excluding hydrogens is 361 g/mol. The van der Waals surface area contributed by atoms with Crippen molar-refractivity contribution in [3.63, 3.8) is 0 Å². The third-order valence-corrected chi connectivity index (χ3v) is 3.72. The standard InChI is InChI=1S/C19H23F3N2O3/c1-11(2)7-17(25)23-16-8-13-5-6-14(19(20,21)22)9-15(13)24(16)18(26)27-10-12(3)4/h5-6,8-9,11-12H,7,10H2,1-4H3,(H,23,25). The lowest BCUT2D eigenvalue weighted by Gasteiger charge is -2.13.